The molecule has 3 aromatic rings. The number of hydrogen-bond acceptors (Lipinski definition) is 10. The van der Waals surface area contributed by atoms with Crippen molar-refractivity contribution in [2.45, 2.75) is 51.7 Å². The van der Waals surface area contributed by atoms with Gasteiger partial charge in [0, 0.05) is 12.0 Å². The van der Waals surface area contributed by atoms with Gasteiger partial charge in [-0.2, -0.15) is 4.73 Å². The van der Waals surface area contributed by atoms with Crippen LogP contribution in [0.2, 0.25) is 10.0 Å². The van der Waals surface area contributed by atoms with E-state index >= 15 is 0 Å². The van der Waals surface area contributed by atoms with Crippen LogP contribution < -0.4 is 23.2 Å². The Morgan fingerprint density at radius 3 is 2.23 bits per heavy atom. The van der Waals surface area contributed by atoms with Crippen molar-refractivity contribution in [3.05, 3.63) is 80.7 Å². The van der Waals surface area contributed by atoms with Crippen LogP contribution in [0.1, 0.15) is 61.2 Å². The zero-order chi connectivity index (χ0) is 34.5. The quantitative estimate of drug-likeness (QED) is 0.102. The molecule has 0 bridgehead atoms. The predicted molar refractivity (Wildman–Crippen MR) is 175 cm³/mol. The third-order valence-corrected chi connectivity index (χ3v) is 8.42. The van der Waals surface area contributed by atoms with E-state index in [4.69, 9.17) is 46.9 Å². The summed E-state index contributed by atoms with van der Waals surface area (Å²) in [5.41, 5.74) is 0.162. The summed E-state index contributed by atoms with van der Waals surface area (Å²) in [6.07, 6.45) is 3.21. The minimum absolute atomic E-state index is 0.0107. The summed E-state index contributed by atoms with van der Waals surface area (Å²) in [5, 5.41) is 12.0. The Morgan fingerprint density at radius 1 is 1.00 bits per heavy atom. The average Bonchev–Trinajstić information content (AvgIpc) is 3.83. The molecule has 1 aliphatic carbocycles. The van der Waals surface area contributed by atoms with Crippen LogP contribution in [-0.2, 0) is 31.6 Å². The maximum Gasteiger partial charge on any atom is 0.338 e. The van der Waals surface area contributed by atoms with Gasteiger partial charge in [-0.3, -0.25) is 9.10 Å². The third-order valence-electron chi connectivity index (χ3n) is 7.02. The molecule has 254 valence electrons. The smallest absolute Gasteiger partial charge is 0.338 e. The van der Waals surface area contributed by atoms with Gasteiger partial charge < -0.3 is 28.9 Å². The first kappa shape index (κ1) is 35.9. The summed E-state index contributed by atoms with van der Waals surface area (Å²) in [4.78, 5) is 26.3. The van der Waals surface area contributed by atoms with E-state index in [2.05, 4.69) is 0 Å². The van der Waals surface area contributed by atoms with Gasteiger partial charge in [0.1, 0.15) is 34.0 Å². The lowest BCUT2D eigenvalue weighted by atomic mass is 10.0. The molecule has 47 heavy (non-hydrogen) atoms. The van der Waals surface area contributed by atoms with Crippen LogP contribution in [0.5, 0.6) is 17.2 Å². The van der Waals surface area contributed by atoms with Crippen molar-refractivity contribution in [1.82, 2.24) is 0 Å². The summed E-state index contributed by atoms with van der Waals surface area (Å²) in [6.45, 7) is 4.72. The average molecular weight is 712 g/mol. The molecule has 12 nitrogen and oxygen atoms in total. The lowest BCUT2D eigenvalue weighted by molar-refractivity contribution is -0.605. The molecule has 0 amide bonds. The molecule has 1 fully saturated rings. The van der Waals surface area contributed by atoms with Gasteiger partial charge in [-0.05, 0) is 75.4 Å². The van der Waals surface area contributed by atoms with Crippen molar-refractivity contribution in [3.63, 3.8) is 0 Å². The summed E-state index contributed by atoms with van der Waals surface area (Å²) < 4.78 is 54.0. The van der Waals surface area contributed by atoms with E-state index in [-0.39, 0.29) is 33.5 Å². The van der Waals surface area contributed by atoms with E-state index in [1.54, 1.807) is 39.0 Å². The van der Waals surface area contributed by atoms with Crippen LogP contribution >= 0.6 is 23.2 Å². The summed E-state index contributed by atoms with van der Waals surface area (Å²) >= 11 is 12.7. The number of pyridine rings is 1. The van der Waals surface area contributed by atoms with E-state index in [1.165, 1.54) is 32.4 Å². The van der Waals surface area contributed by atoms with E-state index in [1.807, 2.05) is 0 Å². The van der Waals surface area contributed by atoms with Crippen LogP contribution in [0, 0.1) is 11.1 Å². The van der Waals surface area contributed by atoms with Crippen molar-refractivity contribution < 1.29 is 46.4 Å². The Labute approximate surface area is 284 Å². The lowest BCUT2D eigenvalue weighted by Crippen LogP contribution is -2.34. The van der Waals surface area contributed by atoms with Crippen LogP contribution in [-0.4, -0.2) is 53.3 Å². The highest BCUT2D eigenvalue weighted by Crippen LogP contribution is 2.37. The Hall–Kier alpha value is -3.94. The topological polar surface area (TPSA) is 145 Å². The van der Waals surface area contributed by atoms with Gasteiger partial charge >= 0.3 is 11.9 Å². The maximum absolute atomic E-state index is 13.7. The molecule has 15 heteroatoms. The molecular formula is C32H36Cl2N2O10S. The first-order valence-corrected chi connectivity index (χ1v) is 16.5. The van der Waals surface area contributed by atoms with Gasteiger partial charge in [0.25, 0.3) is 0 Å². The SMILES string of the molecule is COc1ccc([C@H](Cc2c(Cl)c[n+]([O-])cc2Cl)OC(=O)c2ccc(N(CC(=O)OC(C)(C)C)[SH](=O)=O)c(OCC3CC3)c2)cc1OC. The number of benzene rings is 2. The van der Waals surface area contributed by atoms with Crippen molar-refractivity contribution in [2.24, 2.45) is 5.92 Å². The van der Waals surface area contributed by atoms with Gasteiger partial charge in [-0.1, -0.05) is 29.3 Å². The van der Waals surface area contributed by atoms with Gasteiger partial charge in [0.05, 0.1) is 32.1 Å². The second-order valence-corrected chi connectivity index (χ2v) is 13.6. The molecule has 2 aromatic carbocycles. The van der Waals surface area contributed by atoms with Gasteiger partial charge in [-0.25, -0.2) is 13.2 Å². The van der Waals surface area contributed by atoms with Crippen LogP contribution in [0.15, 0.2) is 48.8 Å². The molecule has 0 saturated heterocycles. The molecule has 1 aliphatic rings. The van der Waals surface area contributed by atoms with Crippen molar-refractivity contribution in [2.75, 3.05) is 31.7 Å². The van der Waals surface area contributed by atoms with Crippen molar-refractivity contribution in [3.8, 4) is 17.2 Å². The second-order valence-electron chi connectivity index (χ2n) is 11.8. The third kappa shape index (κ3) is 9.78. The number of anilines is 1. The molecule has 4 rings (SSSR count). The number of hydrogen-bond donors (Lipinski definition) is 1. The second kappa shape index (κ2) is 15.3. The number of carbonyl (C=O) groups excluding carboxylic acids is 2. The number of esters is 2. The lowest BCUT2D eigenvalue weighted by Gasteiger charge is -2.24. The number of halogens is 2. The normalized spacial score (nSPS) is 13.5. The molecule has 0 radical (unpaired) electrons. The standard InChI is InChI=1S/C32H36Cl2N2O10S/c1-32(2,3)46-30(37)17-36(47(40)41)25-10-8-21(13-28(25)44-18-19-6-7-19)31(38)45-27(14-22-23(33)15-35(39)16-24(22)34)20-9-11-26(42-4)29(12-20)43-5/h8-13,15-16,19,27,47H,6-7,14,17-18H2,1-5H3/t27-/m0/s1. The van der Waals surface area contributed by atoms with Crippen LogP contribution in [0.25, 0.3) is 0 Å². The molecule has 1 saturated carbocycles. The molecule has 0 N–H and O–H groups in total. The maximum atomic E-state index is 13.7. The number of nitrogens with zero attached hydrogens (tertiary/aromatic N) is 2. The van der Waals surface area contributed by atoms with E-state index < -0.39 is 41.1 Å². The van der Waals surface area contributed by atoms with Gasteiger partial charge in [0.2, 0.25) is 10.9 Å². The predicted octanol–water partition coefficient (Wildman–Crippen LogP) is 5.25. The molecular weight excluding hydrogens is 675 g/mol. The van der Waals surface area contributed by atoms with Crippen molar-refractivity contribution >= 4 is 51.7 Å². The molecule has 0 spiro atoms. The fourth-order valence-electron chi connectivity index (χ4n) is 4.58. The fraction of sp³-hybridized carbons (Fsp3) is 0.406. The first-order valence-electron chi connectivity index (χ1n) is 14.6. The Bertz CT molecular complexity index is 1670. The molecule has 0 aliphatic heterocycles. The minimum Gasteiger partial charge on any atom is -0.619 e. The highest BCUT2D eigenvalue weighted by molar-refractivity contribution is 7.74. The van der Waals surface area contributed by atoms with E-state index in [0.717, 1.165) is 29.5 Å². The summed E-state index contributed by atoms with van der Waals surface area (Å²) in [7, 11) is -0.339. The highest BCUT2D eigenvalue weighted by Gasteiger charge is 2.28. The molecule has 1 heterocycles. The number of methoxy groups -OCH3 is 2. The van der Waals surface area contributed by atoms with Crippen LogP contribution in [0.3, 0.4) is 0 Å². The van der Waals surface area contributed by atoms with E-state index in [9.17, 15) is 23.2 Å². The molecule has 0 unspecified atom stereocenters. The van der Waals surface area contributed by atoms with Crippen LogP contribution in [0.4, 0.5) is 5.69 Å². The minimum atomic E-state index is -3.29. The monoisotopic (exact) mass is 710 g/mol. The number of ether oxygens (including phenoxy) is 5. The Balaban J connectivity index is 1.70. The summed E-state index contributed by atoms with van der Waals surface area (Å²) in [6, 6.07) is 9.09. The largest absolute Gasteiger partial charge is 0.619 e. The zero-order valence-electron chi connectivity index (χ0n) is 26.5. The summed E-state index contributed by atoms with van der Waals surface area (Å²) in [5.74, 6) is -0.338. The van der Waals surface area contributed by atoms with Crippen molar-refractivity contribution in [1.29, 1.82) is 0 Å². The molecule has 1 atom stereocenters. The fourth-order valence-corrected chi connectivity index (χ4v) is 5.75. The number of rotatable bonds is 14. The Kier molecular flexibility index (Phi) is 11.7. The zero-order valence-corrected chi connectivity index (χ0v) is 28.9. The van der Waals surface area contributed by atoms with E-state index in [0.29, 0.717) is 39.9 Å². The molecule has 1 aromatic heterocycles. The number of thiol groups is 1. The highest BCUT2D eigenvalue weighted by atomic mass is 35.5. The Morgan fingerprint density at radius 2 is 1.66 bits per heavy atom. The number of aromatic nitrogens is 1. The van der Waals surface area contributed by atoms with Gasteiger partial charge in [0.15, 0.2) is 23.9 Å². The number of carbonyl (C=O) groups is 2. The van der Waals surface area contributed by atoms with Gasteiger partial charge in [-0.15, -0.1) is 0 Å². The first-order chi connectivity index (χ1) is 22.2.